The highest BCUT2D eigenvalue weighted by atomic mass is 16.6. The molecule has 0 saturated carbocycles. The molecule has 80 valence electrons. The molecule has 0 atom stereocenters. The number of aromatic nitrogens is 1. The van der Waals surface area contributed by atoms with Gasteiger partial charge in [0.15, 0.2) is 0 Å². The molecule has 1 rings (SSSR count). The maximum absolute atomic E-state index is 11.4. The van der Waals surface area contributed by atoms with E-state index in [4.69, 9.17) is 0 Å². The third-order valence-corrected chi connectivity index (χ3v) is 1.75. The molecule has 0 saturated heterocycles. The second-order valence-electron chi connectivity index (χ2n) is 2.90. The van der Waals surface area contributed by atoms with Crippen LogP contribution in [0.3, 0.4) is 0 Å². The van der Waals surface area contributed by atoms with Crippen LogP contribution in [-0.2, 0) is 0 Å². The zero-order chi connectivity index (χ0) is 11.1. The predicted molar refractivity (Wildman–Crippen MR) is 53.0 cm³/mol. The first-order valence-electron chi connectivity index (χ1n) is 4.50. The lowest BCUT2D eigenvalue weighted by Crippen LogP contribution is -2.25. The molecule has 0 aliphatic heterocycles. The molecule has 1 N–H and O–H groups in total. The van der Waals surface area contributed by atoms with Crippen LogP contribution in [-0.4, -0.2) is 28.9 Å². The average molecular weight is 209 g/mol. The van der Waals surface area contributed by atoms with E-state index in [1.165, 1.54) is 12.4 Å². The quantitative estimate of drug-likeness (QED) is 0.434. The molecule has 6 nitrogen and oxygen atoms in total. The lowest BCUT2D eigenvalue weighted by molar-refractivity contribution is -0.480. The molecule has 1 aromatic rings. The Kier molecular flexibility index (Phi) is 4.21. The lowest BCUT2D eigenvalue weighted by Gasteiger charge is -2.02. The van der Waals surface area contributed by atoms with E-state index in [1.54, 1.807) is 12.1 Å². The monoisotopic (exact) mass is 209 g/mol. The lowest BCUT2D eigenvalue weighted by atomic mass is 10.2. The fourth-order valence-electron chi connectivity index (χ4n) is 1.02. The van der Waals surface area contributed by atoms with Crippen molar-refractivity contribution >= 4 is 5.91 Å². The number of hydrogen-bond donors (Lipinski definition) is 1. The number of pyridine rings is 1. The zero-order valence-electron chi connectivity index (χ0n) is 8.05. The smallest absolute Gasteiger partial charge is 0.251 e. The summed E-state index contributed by atoms with van der Waals surface area (Å²) in [6.45, 7) is 0.179. The highest BCUT2D eigenvalue weighted by molar-refractivity contribution is 5.93. The molecule has 0 bridgehead atoms. The molecule has 0 fully saturated rings. The van der Waals surface area contributed by atoms with Gasteiger partial charge in [-0.1, -0.05) is 0 Å². The highest BCUT2D eigenvalue weighted by Crippen LogP contribution is 1.95. The van der Waals surface area contributed by atoms with E-state index in [0.29, 0.717) is 18.5 Å². The van der Waals surface area contributed by atoms with Crippen molar-refractivity contribution in [2.24, 2.45) is 0 Å². The van der Waals surface area contributed by atoms with Gasteiger partial charge in [0.05, 0.1) is 0 Å². The van der Waals surface area contributed by atoms with Gasteiger partial charge in [-0.3, -0.25) is 19.9 Å². The van der Waals surface area contributed by atoms with Crippen molar-refractivity contribution in [1.29, 1.82) is 0 Å². The summed E-state index contributed by atoms with van der Waals surface area (Å²) in [5.74, 6) is -0.235. The number of rotatable bonds is 5. The van der Waals surface area contributed by atoms with Crippen LogP contribution < -0.4 is 5.32 Å². The van der Waals surface area contributed by atoms with Crippen LogP contribution in [0.4, 0.5) is 0 Å². The second kappa shape index (κ2) is 5.69. The fraction of sp³-hybridized carbons (Fsp3) is 0.333. The van der Waals surface area contributed by atoms with E-state index < -0.39 is 4.92 Å². The molecule has 0 aliphatic carbocycles. The van der Waals surface area contributed by atoms with Crippen molar-refractivity contribution in [3.05, 3.63) is 40.2 Å². The minimum Gasteiger partial charge on any atom is -0.352 e. The number of nitro groups is 1. The Hall–Kier alpha value is -1.98. The topological polar surface area (TPSA) is 85.1 Å². The number of nitrogens with one attached hydrogen (secondary N) is 1. The Morgan fingerprint density at radius 1 is 1.47 bits per heavy atom. The Bertz CT molecular complexity index is 340. The van der Waals surface area contributed by atoms with Crippen molar-refractivity contribution in [3.63, 3.8) is 0 Å². The summed E-state index contributed by atoms with van der Waals surface area (Å²) < 4.78 is 0. The fourth-order valence-corrected chi connectivity index (χ4v) is 1.02. The first kappa shape index (κ1) is 11.1. The molecular weight excluding hydrogens is 198 g/mol. The van der Waals surface area contributed by atoms with Crippen molar-refractivity contribution in [2.45, 2.75) is 6.42 Å². The van der Waals surface area contributed by atoms with Crippen LogP contribution in [0.15, 0.2) is 24.5 Å². The summed E-state index contributed by atoms with van der Waals surface area (Å²) in [6, 6.07) is 3.17. The SMILES string of the molecule is O=C(NCCC[N+](=O)[O-])c1ccncc1. The van der Waals surface area contributed by atoms with Crippen LogP contribution in [0.1, 0.15) is 16.8 Å². The van der Waals surface area contributed by atoms with Gasteiger partial charge in [-0.2, -0.15) is 0 Å². The molecule has 6 heteroatoms. The van der Waals surface area contributed by atoms with E-state index in [2.05, 4.69) is 10.3 Å². The van der Waals surface area contributed by atoms with Gasteiger partial charge >= 0.3 is 0 Å². The molecule has 0 unspecified atom stereocenters. The van der Waals surface area contributed by atoms with Crippen LogP contribution in [0, 0.1) is 10.1 Å². The molecule has 1 amide bonds. The largest absolute Gasteiger partial charge is 0.352 e. The molecule has 0 aromatic carbocycles. The van der Waals surface area contributed by atoms with Gasteiger partial charge in [-0.25, -0.2) is 0 Å². The normalized spacial score (nSPS) is 9.60. The summed E-state index contributed by atoms with van der Waals surface area (Å²) >= 11 is 0. The van der Waals surface area contributed by atoms with Crippen LogP contribution in [0.25, 0.3) is 0 Å². The number of amides is 1. The predicted octanol–water partition coefficient (Wildman–Crippen LogP) is 0.478. The van der Waals surface area contributed by atoms with E-state index in [-0.39, 0.29) is 12.5 Å². The van der Waals surface area contributed by atoms with Gasteiger partial charge in [0.25, 0.3) is 5.91 Å². The number of carbonyl (C=O) groups is 1. The molecule has 0 aliphatic rings. The second-order valence-corrected chi connectivity index (χ2v) is 2.90. The molecule has 15 heavy (non-hydrogen) atoms. The standard InChI is InChI=1S/C9H11N3O3/c13-9(8-2-5-10-6-3-8)11-4-1-7-12(14)15/h2-3,5-6H,1,4,7H2,(H,11,13). The first-order chi connectivity index (χ1) is 7.20. The maximum atomic E-state index is 11.4. The molecule has 1 aromatic heterocycles. The van der Waals surface area contributed by atoms with Crippen molar-refractivity contribution in [1.82, 2.24) is 10.3 Å². The summed E-state index contributed by atoms with van der Waals surface area (Å²) in [5.41, 5.74) is 0.506. The van der Waals surface area contributed by atoms with Gasteiger partial charge in [0, 0.05) is 35.8 Å². The summed E-state index contributed by atoms with van der Waals surface area (Å²) in [4.78, 5) is 24.8. The third-order valence-electron chi connectivity index (χ3n) is 1.75. The summed E-state index contributed by atoms with van der Waals surface area (Å²) in [7, 11) is 0. The first-order valence-corrected chi connectivity index (χ1v) is 4.50. The summed E-state index contributed by atoms with van der Waals surface area (Å²) in [5, 5.41) is 12.6. The van der Waals surface area contributed by atoms with Gasteiger partial charge in [-0.05, 0) is 12.1 Å². The van der Waals surface area contributed by atoms with E-state index in [1.807, 2.05) is 0 Å². The van der Waals surface area contributed by atoms with Crippen LogP contribution in [0.2, 0.25) is 0 Å². The third kappa shape index (κ3) is 4.17. The highest BCUT2D eigenvalue weighted by Gasteiger charge is 2.04. The molecular formula is C9H11N3O3. The summed E-state index contributed by atoms with van der Waals surface area (Å²) in [6.07, 6.45) is 3.38. The Labute approximate surface area is 86.5 Å². The van der Waals surface area contributed by atoms with E-state index in [0.717, 1.165) is 0 Å². The number of nitrogens with zero attached hydrogens (tertiary/aromatic N) is 2. The van der Waals surface area contributed by atoms with Gasteiger partial charge < -0.3 is 5.32 Å². The van der Waals surface area contributed by atoms with Crippen molar-refractivity contribution in [3.8, 4) is 0 Å². The number of carbonyl (C=O) groups excluding carboxylic acids is 1. The Morgan fingerprint density at radius 3 is 2.73 bits per heavy atom. The minimum atomic E-state index is -0.404. The van der Waals surface area contributed by atoms with Gasteiger partial charge in [-0.15, -0.1) is 0 Å². The maximum Gasteiger partial charge on any atom is 0.251 e. The van der Waals surface area contributed by atoms with Gasteiger partial charge in [0.1, 0.15) is 0 Å². The van der Waals surface area contributed by atoms with Crippen LogP contribution >= 0.6 is 0 Å². The number of hydrogen-bond acceptors (Lipinski definition) is 4. The zero-order valence-corrected chi connectivity index (χ0v) is 8.05. The van der Waals surface area contributed by atoms with Gasteiger partial charge in [0.2, 0.25) is 6.54 Å². The Morgan fingerprint density at radius 2 is 2.13 bits per heavy atom. The van der Waals surface area contributed by atoms with Crippen LogP contribution in [0.5, 0.6) is 0 Å². The Balaban J connectivity index is 2.28. The van der Waals surface area contributed by atoms with Crippen molar-refractivity contribution in [2.75, 3.05) is 13.1 Å². The van der Waals surface area contributed by atoms with E-state index >= 15 is 0 Å². The molecule has 1 heterocycles. The average Bonchev–Trinajstić information content (AvgIpc) is 2.25. The van der Waals surface area contributed by atoms with Crippen molar-refractivity contribution < 1.29 is 9.72 Å². The molecule has 0 spiro atoms. The minimum absolute atomic E-state index is 0.128. The van der Waals surface area contributed by atoms with E-state index in [9.17, 15) is 14.9 Å². The molecule has 0 radical (unpaired) electrons.